The summed E-state index contributed by atoms with van der Waals surface area (Å²) >= 11 is 0. The number of aliphatic hydroxyl groups excluding tert-OH is 1. The number of pyridine rings is 1. The highest BCUT2D eigenvalue weighted by Crippen LogP contribution is 2.20. The molecule has 0 bridgehead atoms. The zero-order valence-corrected chi connectivity index (χ0v) is 16.2. The van der Waals surface area contributed by atoms with Crippen molar-refractivity contribution >= 4 is 0 Å². The van der Waals surface area contributed by atoms with Gasteiger partial charge >= 0.3 is 0 Å². The van der Waals surface area contributed by atoms with Crippen molar-refractivity contribution < 1.29 is 9.50 Å². The lowest BCUT2D eigenvalue weighted by Gasteiger charge is -2.20. The Morgan fingerprint density at radius 3 is 2.38 bits per heavy atom. The molecule has 4 nitrogen and oxygen atoms in total. The lowest BCUT2D eigenvalue weighted by atomic mass is 10.0. The minimum Gasteiger partial charge on any atom is -0.395 e. The molecule has 0 saturated heterocycles. The lowest BCUT2D eigenvalue weighted by molar-refractivity contribution is 0.209. The van der Waals surface area contributed by atoms with Crippen molar-refractivity contribution in [2.45, 2.75) is 32.9 Å². The zero-order chi connectivity index (χ0) is 19.1. The van der Waals surface area contributed by atoms with E-state index < -0.39 is 0 Å². The third-order valence-electron chi connectivity index (χ3n) is 4.55. The molecule has 0 unspecified atom stereocenters. The van der Waals surface area contributed by atoms with Crippen molar-refractivity contribution in [2.75, 3.05) is 27.2 Å². The number of nitrogens with one attached hydrogen (secondary N) is 1. The second kappa shape index (κ2) is 9.76. The molecule has 0 aliphatic carbocycles. The van der Waals surface area contributed by atoms with Crippen molar-refractivity contribution in [3.8, 4) is 11.3 Å². The maximum absolute atomic E-state index is 14.1. The average Bonchev–Trinajstić information content (AvgIpc) is 2.62. The van der Waals surface area contributed by atoms with Gasteiger partial charge in [-0.2, -0.15) is 0 Å². The van der Waals surface area contributed by atoms with Gasteiger partial charge in [0.2, 0.25) is 0 Å². The number of hydrogen-bond acceptors (Lipinski definition) is 4. The molecule has 26 heavy (non-hydrogen) atoms. The van der Waals surface area contributed by atoms with E-state index in [0.717, 1.165) is 24.2 Å². The summed E-state index contributed by atoms with van der Waals surface area (Å²) in [6.07, 6.45) is 0.997. The molecule has 0 saturated carbocycles. The van der Waals surface area contributed by atoms with E-state index in [0.29, 0.717) is 12.2 Å². The summed E-state index contributed by atoms with van der Waals surface area (Å²) in [6.45, 7) is 5.36. The van der Waals surface area contributed by atoms with E-state index >= 15 is 0 Å². The third kappa shape index (κ3) is 5.87. The zero-order valence-electron chi connectivity index (χ0n) is 16.2. The molecule has 2 N–H and O–H groups in total. The summed E-state index contributed by atoms with van der Waals surface area (Å²) in [4.78, 5) is 6.64. The predicted octanol–water partition coefficient (Wildman–Crippen LogP) is 3.10. The molecule has 142 valence electrons. The standard InChI is InChI=1S/C21H30FN3O/c1-15(2)21(14-26)23-13-20-18(22)9-10-19(24-20)17-7-5-16(6-8-17)11-12-25(3)4/h5-10,15,21,23,26H,11-14H2,1-4H3/t21-/m0/s1. The molecule has 0 amide bonds. The van der Waals surface area contributed by atoms with Gasteiger partial charge in [-0.15, -0.1) is 0 Å². The Kier molecular flexibility index (Phi) is 7.69. The number of aromatic nitrogens is 1. The first-order valence-corrected chi connectivity index (χ1v) is 9.14. The number of aliphatic hydroxyl groups is 1. The SMILES string of the molecule is CC(C)[C@H](CO)NCc1nc(-c2ccc(CCN(C)C)cc2)ccc1F. The van der Waals surface area contributed by atoms with E-state index in [2.05, 4.69) is 41.4 Å². The summed E-state index contributed by atoms with van der Waals surface area (Å²) in [5, 5.41) is 12.6. The highest BCUT2D eigenvalue weighted by molar-refractivity contribution is 5.59. The van der Waals surface area contributed by atoms with Crippen LogP contribution in [0.25, 0.3) is 11.3 Å². The summed E-state index contributed by atoms with van der Waals surface area (Å²) in [6, 6.07) is 11.4. The Labute approximate surface area is 156 Å². The predicted molar refractivity (Wildman–Crippen MR) is 104 cm³/mol. The van der Waals surface area contributed by atoms with Crippen molar-refractivity contribution in [1.29, 1.82) is 0 Å². The number of likely N-dealkylation sites (N-methyl/N-ethyl adjacent to an activating group) is 1. The first kappa shape index (κ1) is 20.5. The first-order chi connectivity index (χ1) is 12.4. The second-order valence-corrected chi connectivity index (χ2v) is 7.29. The first-order valence-electron chi connectivity index (χ1n) is 9.14. The van der Waals surface area contributed by atoms with Crippen LogP contribution in [-0.4, -0.2) is 48.3 Å². The highest BCUT2D eigenvalue weighted by atomic mass is 19.1. The third-order valence-corrected chi connectivity index (χ3v) is 4.55. The van der Waals surface area contributed by atoms with Crippen LogP contribution in [0.5, 0.6) is 0 Å². The van der Waals surface area contributed by atoms with Crippen molar-refractivity contribution in [1.82, 2.24) is 15.2 Å². The Balaban J connectivity index is 2.10. The van der Waals surface area contributed by atoms with Gasteiger partial charge in [-0.25, -0.2) is 9.37 Å². The van der Waals surface area contributed by atoms with E-state index in [-0.39, 0.29) is 24.4 Å². The van der Waals surface area contributed by atoms with Gasteiger partial charge in [-0.05, 0) is 44.1 Å². The monoisotopic (exact) mass is 359 g/mol. The summed E-state index contributed by atoms with van der Waals surface area (Å²) < 4.78 is 14.1. The van der Waals surface area contributed by atoms with Gasteiger partial charge in [0.25, 0.3) is 0 Å². The lowest BCUT2D eigenvalue weighted by Crippen LogP contribution is -2.36. The van der Waals surface area contributed by atoms with Gasteiger partial charge in [0.1, 0.15) is 5.82 Å². The molecule has 1 heterocycles. The second-order valence-electron chi connectivity index (χ2n) is 7.29. The smallest absolute Gasteiger partial charge is 0.146 e. The van der Waals surface area contributed by atoms with E-state index in [1.165, 1.54) is 11.6 Å². The highest BCUT2D eigenvalue weighted by Gasteiger charge is 2.14. The molecule has 0 radical (unpaired) electrons. The van der Waals surface area contributed by atoms with Gasteiger partial charge in [-0.3, -0.25) is 0 Å². The summed E-state index contributed by atoms with van der Waals surface area (Å²) in [7, 11) is 4.13. The topological polar surface area (TPSA) is 48.4 Å². The van der Waals surface area contributed by atoms with Crippen molar-refractivity contribution in [3.63, 3.8) is 0 Å². The Bertz CT molecular complexity index is 686. The quantitative estimate of drug-likeness (QED) is 0.722. The van der Waals surface area contributed by atoms with Crippen molar-refractivity contribution in [2.24, 2.45) is 5.92 Å². The molecule has 0 aliphatic rings. The number of nitrogens with zero attached hydrogens (tertiary/aromatic N) is 2. The van der Waals surface area contributed by atoms with Gasteiger partial charge < -0.3 is 15.3 Å². The molecular formula is C21H30FN3O. The van der Waals surface area contributed by atoms with Gasteiger partial charge in [-0.1, -0.05) is 38.1 Å². The van der Waals surface area contributed by atoms with Gasteiger partial charge in [0.15, 0.2) is 0 Å². The fraction of sp³-hybridized carbons (Fsp3) is 0.476. The maximum atomic E-state index is 14.1. The molecule has 2 aromatic rings. The van der Waals surface area contributed by atoms with Crippen LogP contribution >= 0.6 is 0 Å². The van der Waals surface area contributed by atoms with Crippen LogP contribution in [0.3, 0.4) is 0 Å². The van der Waals surface area contributed by atoms with Crippen LogP contribution < -0.4 is 5.32 Å². The van der Waals surface area contributed by atoms with Crippen LogP contribution in [0.15, 0.2) is 36.4 Å². The molecule has 0 fully saturated rings. The summed E-state index contributed by atoms with van der Waals surface area (Å²) in [5.41, 5.74) is 3.38. The molecule has 5 heteroatoms. The number of hydrogen-bond donors (Lipinski definition) is 2. The van der Waals surface area contributed by atoms with Crippen LogP contribution in [0.1, 0.15) is 25.1 Å². The van der Waals surface area contributed by atoms with E-state index in [4.69, 9.17) is 0 Å². The van der Waals surface area contributed by atoms with Crippen LogP contribution in [0.4, 0.5) is 4.39 Å². The number of rotatable bonds is 9. The fourth-order valence-electron chi connectivity index (χ4n) is 2.70. The number of benzene rings is 1. The Hall–Kier alpha value is -1.82. The molecule has 1 atom stereocenters. The minimum absolute atomic E-state index is 0.0212. The molecular weight excluding hydrogens is 329 g/mol. The molecule has 2 rings (SSSR count). The van der Waals surface area contributed by atoms with Gasteiger partial charge in [0.05, 0.1) is 18.0 Å². The van der Waals surface area contributed by atoms with E-state index in [1.54, 1.807) is 6.07 Å². The molecule has 0 spiro atoms. The fourth-order valence-corrected chi connectivity index (χ4v) is 2.70. The Morgan fingerprint density at radius 2 is 1.81 bits per heavy atom. The van der Waals surface area contributed by atoms with Gasteiger partial charge in [0, 0.05) is 24.7 Å². The molecule has 0 aliphatic heterocycles. The minimum atomic E-state index is -0.329. The van der Waals surface area contributed by atoms with Crippen LogP contribution in [-0.2, 0) is 13.0 Å². The van der Waals surface area contributed by atoms with Crippen molar-refractivity contribution in [3.05, 3.63) is 53.5 Å². The molecule has 1 aromatic heterocycles. The van der Waals surface area contributed by atoms with Crippen LogP contribution in [0.2, 0.25) is 0 Å². The van der Waals surface area contributed by atoms with E-state index in [1.807, 2.05) is 26.0 Å². The number of halogens is 1. The van der Waals surface area contributed by atoms with E-state index in [9.17, 15) is 9.50 Å². The molecule has 1 aromatic carbocycles. The normalized spacial score (nSPS) is 12.8. The summed E-state index contributed by atoms with van der Waals surface area (Å²) in [5.74, 6) is -0.0646. The Morgan fingerprint density at radius 1 is 1.12 bits per heavy atom. The average molecular weight is 359 g/mol. The largest absolute Gasteiger partial charge is 0.395 e. The van der Waals surface area contributed by atoms with Crippen LogP contribution in [0, 0.1) is 11.7 Å². The maximum Gasteiger partial charge on any atom is 0.146 e.